The van der Waals surface area contributed by atoms with Crippen LogP contribution >= 0.6 is 0 Å². The second kappa shape index (κ2) is 5.71. The monoisotopic (exact) mass is 236 g/mol. The van der Waals surface area contributed by atoms with Crippen molar-refractivity contribution in [3.8, 4) is 0 Å². The number of piperazine rings is 1. The Hall–Kier alpha value is -0.0800. The molecule has 3 rings (SSSR count). The first kappa shape index (κ1) is 12.0. The maximum absolute atomic E-state index is 2.85. The minimum absolute atomic E-state index is 0.911. The van der Waals surface area contributed by atoms with Crippen molar-refractivity contribution >= 4 is 0 Å². The zero-order chi connectivity index (χ0) is 11.5. The lowest BCUT2D eigenvalue weighted by molar-refractivity contribution is 0.0614. The molecule has 98 valence electrons. The molecule has 3 aliphatic rings. The molecule has 1 aliphatic carbocycles. The zero-order valence-corrected chi connectivity index (χ0v) is 11.2. The summed E-state index contributed by atoms with van der Waals surface area (Å²) in [7, 11) is 0. The summed E-state index contributed by atoms with van der Waals surface area (Å²) in [6.45, 7) is 5.45. The molecule has 0 radical (unpaired) electrons. The summed E-state index contributed by atoms with van der Waals surface area (Å²) in [5.74, 6) is 0. The smallest absolute Gasteiger partial charge is 0.0224 e. The van der Waals surface area contributed by atoms with Gasteiger partial charge in [-0.05, 0) is 32.2 Å². The first-order valence-corrected chi connectivity index (χ1v) is 7.91. The van der Waals surface area contributed by atoms with E-state index < -0.39 is 0 Å². The summed E-state index contributed by atoms with van der Waals surface area (Å²) in [6.07, 6.45) is 13.3. The lowest BCUT2D eigenvalue weighted by Gasteiger charge is -2.42. The predicted octanol–water partition coefficient (Wildman–Crippen LogP) is 2.88. The fourth-order valence-electron chi connectivity index (χ4n) is 4.15. The molecule has 2 aliphatic heterocycles. The zero-order valence-electron chi connectivity index (χ0n) is 11.2. The van der Waals surface area contributed by atoms with Crippen molar-refractivity contribution in [2.75, 3.05) is 26.2 Å². The van der Waals surface area contributed by atoms with Crippen molar-refractivity contribution in [1.29, 1.82) is 0 Å². The van der Waals surface area contributed by atoms with Gasteiger partial charge in [0.2, 0.25) is 0 Å². The molecule has 0 N–H and O–H groups in total. The Morgan fingerprint density at radius 2 is 1.18 bits per heavy atom. The molecule has 2 heteroatoms. The summed E-state index contributed by atoms with van der Waals surface area (Å²) < 4.78 is 0. The van der Waals surface area contributed by atoms with Gasteiger partial charge in [0.25, 0.3) is 0 Å². The molecule has 0 aromatic carbocycles. The number of fused-ring (bicyclic) bond motifs is 1. The van der Waals surface area contributed by atoms with Crippen LogP contribution in [0.1, 0.15) is 57.8 Å². The van der Waals surface area contributed by atoms with Crippen molar-refractivity contribution < 1.29 is 0 Å². The van der Waals surface area contributed by atoms with E-state index in [1.54, 1.807) is 0 Å². The normalized spacial score (nSPS) is 34.2. The third-order valence-corrected chi connectivity index (χ3v) is 5.21. The Balaban J connectivity index is 1.55. The van der Waals surface area contributed by atoms with Gasteiger partial charge < -0.3 is 0 Å². The summed E-state index contributed by atoms with van der Waals surface area (Å²) in [4.78, 5) is 5.58. The van der Waals surface area contributed by atoms with Crippen LogP contribution < -0.4 is 0 Å². The van der Waals surface area contributed by atoms with Crippen molar-refractivity contribution in [1.82, 2.24) is 9.80 Å². The maximum Gasteiger partial charge on any atom is 0.0224 e. The van der Waals surface area contributed by atoms with Crippen molar-refractivity contribution in [2.45, 2.75) is 69.9 Å². The van der Waals surface area contributed by atoms with Gasteiger partial charge in [0.05, 0.1) is 0 Å². The van der Waals surface area contributed by atoms with E-state index in [9.17, 15) is 0 Å². The molecular formula is C15H28N2. The Labute approximate surface area is 106 Å². The molecule has 1 unspecified atom stereocenters. The van der Waals surface area contributed by atoms with Gasteiger partial charge in [-0.15, -0.1) is 0 Å². The average molecular weight is 236 g/mol. The number of nitrogens with zero attached hydrogens (tertiary/aromatic N) is 2. The highest BCUT2D eigenvalue weighted by Gasteiger charge is 2.33. The summed E-state index contributed by atoms with van der Waals surface area (Å²) in [5, 5.41) is 0. The molecule has 0 spiro atoms. The highest BCUT2D eigenvalue weighted by atomic mass is 15.3. The number of hydrogen-bond donors (Lipinski definition) is 0. The van der Waals surface area contributed by atoms with Crippen LogP contribution in [0.4, 0.5) is 0 Å². The first-order chi connectivity index (χ1) is 8.43. The van der Waals surface area contributed by atoms with Gasteiger partial charge in [0, 0.05) is 31.7 Å². The molecule has 0 aromatic rings. The third-order valence-electron chi connectivity index (χ3n) is 5.21. The minimum atomic E-state index is 0.911. The van der Waals surface area contributed by atoms with Gasteiger partial charge in [0.1, 0.15) is 0 Å². The average Bonchev–Trinajstić information content (AvgIpc) is 2.75. The molecule has 0 amide bonds. The van der Waals surface area contributed by atoms with Gasteiger partial charge >= 0.3 is 0 Å². The summed E-state index contributed by atoms with van der Waals surface area (Å²) in [6, 6.07) is 1.84. The molecular weight excluding hydrogens is 208 g/mol. The van der Waals surface area contributed by atoms with Gasteiger partial charge in [0.15, 0.2) is 0 Å². The van der Waals surface area contributed by atoms with E-state index in [1.807, 2.05) is 0 Å². The second-order valence-corrected chi connectivity index (χ2v) is 6.33. The molecule has 0 aromatic heterocycles. The maximum atomic E-state index is 2.85. The van der Waals surface area contributed by atoms with E-state index in [0.29, 0.717) is 0 Å². The van der Waals surface area contributed by atoms with Crippen LogP contribution in [0.2, 0.25) is 0 Å². The van der Waals surface area contributed by atoms with E-state index in [4.69, 9.17) is 0 Å². The Bertz CT molecular complexity index is 233. The van der Waals surface area contributed by atoms with E-state index in [-0.39, 0.29) is 0 Å². The van der Waals surface area contributed by atoms with Gasteiger partial charge in [-0.3, -0.25) is 9.80 Å². The molecule has 2 saturated heterocycles. The fourth-order valence-corrected chi connectivity index (χ4v) is 4.15. The second-order valence-electron chi connectivity index (χ2n) is 6.33. The fraction of sp³-hybridized carbons (Fsp3) is 1.00. The minimum Gasteiger partial charge on any atom is -0.298 e. The molecule has 3 fully saturated rings. The quantitative estimate of drug-likeness (QED) is 0.691. The topological polar surface area (TPSA) is 6.48 Å². The van der Waals surface area contributed by atoms with Gasteiger partial charge in [-0.2, -0.15) is 0 Å². The lowest BCUT2D eigenvalue weighted by Crippen LogP contribution is -2.53. The van der Waals surface area contributed by atoms with Crippen LogP contribution in [-0.4, -0.2) is 48.1 Å². The van der Waals surface area contributed by atoms with E-state index >= 15 is 0 Å². The summed E-state index contributed by atoms with van der Waals surface area (Å²) >= 11 is 0. The predicted molar refractivity (Wildman–Crippen MR) is 72.3 cm³/mol. The van der Waals surface area contributed by atoms with Crippen LogP contribution in [0.25, 0.3) is 0 Å². The lowest BCUT2D eigenvalue weighted by atomic mass is 9.94. The van der Waals surface area contributed by atoms with Crippen LogP contribution in [0, 0.1) is 0 Å². The van der Waals surface area contributed by atoms with Crippen molar-refractivity contribution in [3.63, 3.8) is 0 Å². The molecule has 2 heterocycles. The van der Waals surface area contributed by atoms with E-state index in [1.165, 1.54) is 84.0 Å². The van der Waals surface area contributed by atoms with Crippen molar-refractivity contribution in [3.05, 3.63) is 0 Å². The largest absolute Gasteiger partial charge is 0.298 e. The third kappa shape index (κ3) is 2.85. The highest BCUT2D eigenvalue weighted by Crippen LogP contribution is 2.27. The molecule has 1 saturated carbocycles. The SMILES string of the molecule is C1CCCC(N2CCN3CCCC3C2)CCC1. The van der Waals surface area contributed by atoms with Crippen LogP contribution in [0.3, 0.4) is 0 Å². The Morgan fingerprint density at radius 1 is 0.529 bits per heavy atom. The van der Waals surface area contributed by atoms with Crippen LogP contribution in [-0.2, 0) is 0 Å². The van der Waals surface area contributed by atoms with Gasteiger partial charge in [-0.1, -0.05) is 32.1 Å². The van der Waals surface area contributed by atoms with E-state index in [2.05, 4.69) is 9.80 Å². The van der Waals surface area contributed by atoms with Gasteiger partial charge in [-0.25, -0.2) is 0 Å². The number of rotatable bonds is 1. The number of hydrogen-bond acceptors (Lipinski definition) is 2. The first-order valence-electron chi connectivity index (χ1n) is 7.91. The molecule has 0 bridgehead atoms. The standard InChI is InChI=1S/C15H28N2/c1-2-4-7-14(8-5-3-1)17-12-11-16-10-6-9-15(16)13-17/h14-15H,1-13H2. The Kier molecular flexibility index (Phi) is 4.02. The summed E-state index contributed by atoms with van der Waals surface area (Å²) in [5.41, 5.74) is 0. The van der Waals surface area contributed by atoms with Crippen LogP contribution in [0.15, 0.2) is 0 Å². The van der Waals surface area contributed by atoms with E-state index in [0.717, 1.165) is 12.1 Å². The molecule has 2 nitrogen and oxygen atoms in total. The van der Waals surface area contributed by atoms with Crippen molar-refractivity contribution in [2.24, 2.45) is 0 Å². The Morgan fingerprint density at radius 3 is 2.00 bits per heavy atom. The van der Waals surface area contributed by atoms with Crippen LogP contribution in [0.5, 0.6) is 0 Å². The molecule has 1 atom stereocenters. The highest BCUT2D eigenvalue weighted by molar-refractivity contribution is 4.89. The molecule has 17 heavy (non-hydrogen) atoms.